The Labute approximate surface area is 165 Å². The molecule has 0 aliphatic carbocycles. The van der Waals surface area contributed by atoms with Gasteiger partial charge in [0.15, 0.2) is 5.76 Å². The summed E-state index contributed by atoms with van der Waals surface area (Å²) in [5, 5.41) is 5.35. The van der Waals surface area contributed by atoms with Crippen molar-refractivity contribution < 1.29 is 22.4 Å². The van der Waals surface area contributed by atoms with Crippen LogP contribution < -0.4 is 10.6 Å². The molecule has 0 bridgehead atoms. The fraction of sp³-hybridized carbons (Fsp3) is 0.368. The van der Waals surface area contributed by atoms with Crippen LogP contribution in [0.25, 0.3) is 0 Å². The Morgan fingerprint density at radius 3 is 2.50 bits per heavy atom. The highest BCUT2D eigenvalue weighted by molar-refractivity contribution is 7.89. The van der Waals surface area contributed by atoms with Crippen LogP contribution in [0.2, 0.25) is 0 Å². The van der Waals surface area contributed by atoms with Crippen LogP contribution in [0.1, 0.15) is 37.2 Å². The van der Waals surface area contributed by atoms with Gasteiger partial charge in [-0.05, 0) is 36.8 Å². The summed E-state index contributed by atoms with van der Waals surface area (Å²) < 4.78 is 31.5. The normalized spacial score (nSPS) is 11.4. The Hall–Kier alpha value is -2.65. The third-order valence-corrected chi connectivity index (χ3v) is 6.12. The Bertz CT molecular complexity index is 890. The molecule has 2 rings (SSSR count). The molecule has 1 aromatic carbocycles. The highest BCUT2D eigenvalue weighted by atomic mass is 32.2. The second-order valence-corrected chi connectivity index (χ2v) is 7.94. The molecule has 2 N–H and O–H groups in total. The standard InChI is InChI=1S/C19H25N3O5S/c1-3-22(4-2)28(25,26)16-9-5-8-15(14-16)21-18(23)11-6-12-20-19(24)17-10-7-13-27-17/h5,7-10,13-14H,3-4,6,11-12H2,1-2H3,(H,20,24)(H,21,23). The first-order chi connectivity index (χ1) is 13.4. The molecule has 0 unspecified atom stereocenters. The number of hydrogen-bond acceptors (Lipinski definition) is 5. The first kappa shape index (κ1) is 21.6. The van der Waals surface area contributed by atoms with Gasteiger partial charge >= 0.3 is 0 Å². The minimum Gasteiger partial charge on any atom is -0.459 e. The summed E-state index contributed by atoms with van der Waals surface area (Å²) in [4.78, 5) is 23.9. The smallest absolute Gasteiger partial charge is 0.286 e. The van der Waals surface area contributed by atoms with Gasteiger partial charge in [0.1, 0.15) is 0 Å². The summed E-state index contributed by atoms with van der Waals surface area (Å²) in [6, 6.07) is 9.36. The fourth-order valence-electron chi connectivity index (χ4n) is 2.62. The van der Waals surface area contributed by atoms with Gasteiger partial charge in [0.05, 0.1) is 11.2 Å². The maximum Gasteiger partial charge on any atom is 0.286 e. The predicted octanol–water partition coefficient (Wildman–Crippen LogP) is 2.46. The topological polar surface area (TPSA) is 109 Å². The summed E-state index contributed by atoms with van der Waals surface area (Å²) in [6.07, 6.45) is 2.04. The first-order valence-electron chi connectivity index (χ1n) is 9.10. The fourth-order valence-corrected chi connectivity index (χ4v) is 4.12. The summed E-state index contributed by atoms with van der Waals surface area (Å²) in [5.41, 5.74) is 0.415. The molecule has 28 heavy (non-hydrogen) atoms. The maximum absolute atomic E-state index is 12.6. The van der Waals surface area contributed by atoms with Crippen molar-refractivity contribution in [2.75, 3.05) is 25.0 Å². The van der Waals surface area contributed by atoms with Gasteiger partial charge in [0.2, 0.25) is 15.9 Å². The van der Waals surface area contributed by atoms with Crippen LogP contribution in [0.15, 0.2) is 52.0 Å². The van der Waals surface area contributed by atoms with Crippen LogP contribution in [-0.4, -0.2) is 44.2 Å². The van der Waals surface area contributed by atoms with E-state index in [9.17, 15) is 18.0 Å². The van der Waals surface area contributed by atoms with Gasteiger partial charge in [-0.2, -0.15) is 4.31 Å². The van der Waals surface area contributed by atoms with Gasteiger partial charge < -0.3 is 15.1 Å². The molecular weight excluding hydrogens is 382 g/mol. The van der Waals surface area contributed by atoms with Crippen molar-refractivity contribution in [2.45, 2.75) is 31.6 Å². The van der Waals surface area contributed by atoms with Crippen molar-refractivity contribution in [3.8, 4) is 0 Å². The van der Waals surface area contributed by atoms with Crippen LogP contribution >= 0.6 is 0 Å². The van der Waals surface area contributed by atoms with E-state index in [1.807, 2.05) is 0 Å². The van der Waals surface area contributed by atoms with Crippen LogP contribution in [0.4, 0.5) is 5.69 Å². The number of anilines is 1. The molecule has 1 heterocycles. The Morgan fingerprint density at radius 2 is 1.86 bits per heavy atom. The van der Waals surface area contributed by atoms with Gasteiger partial charge in [-0.15, -0.1) is 0 Å². The van der Waals surface area contributed by atoms with Gasteiger partial charge in [0, 0.05) is 31.7 Å². The van der Waals surface area contributed by atoms with Crippen LogP contribution in [0, 0.1) is 0 Å². The van der Waals surface area contributed by atoms with Crippen molar-refractivity contribution >= 4 is 27.5 Å². The minimum absolute atomic E-state index is 0.139. The lowest BCUT2D eigenvalue weighted by molar-refractivity contribution is -0.116. The van der Waals surface area contributed by atoms with E-state index in [1.165, 1.54) is 22.7 Å². The quantitative estimate of drug-likeness (QED) is 0.588. The third kappa shape index (κ3) is 5.67. The lowest BCUT2D eigenvalue weighted by Crippen LogP contribution is -2.30. The van der Waals surface area contributed by atoms with Crippen LogP contribution in [0.5, 0.6) is 0 Å². The molecule has 9 heteroatoms. The largest absolute Gasteiger partial charge is 0.459 e. The molecular formula is C19H25N3O5S. The average Bonchev–Trinajstić information content (AvgIpc) is 3.21. The predicted molar refractivity (Wildman–Crippen MR) is 105 cm³/mol. The molecule has 8 nitrogen and oxygen atoms in total. The van der Waals surface area contributed by atoms with E-state index in [1.54, 1.807) is 38.1 Å². The highest BCUT2D eigenvalue weighted by Gasteiger charge is 2.21. The van der Waals surface area contributed by atoms with Crippen molar-refractivity contribution in [3.05, 3.63) is 48.4 Å². The Morgan fingerprint density at radius 1 is 1.11 bits per heavy atom. The zero-order chi connectivity index (χ0) is 20.6. The molecule has 0 radical (unpaired) electrons. The maximum atomic E-state index is 12.6. The molecule has 0 saturated carbocycles. The molecule has 0 atom stereocenters. The summed E-state index contributed by atoms with van der Waals surface area (Å²) >= 11 is 0. The summed E-state index contributed by atoms with van der Waals surface area (Å²) in [5.74, 6) is -0.375. The van der Waals surface area contributed by atoms with E-state index >= 15 is 0 Å². The number of furan rings is 1. The molecule has 0 aliphatic heterocycles. The van der Waals surface area contributed by atoms with Gasteiger partial charge in [-0.3, -0.25) is 9.59 Å². The number of carbonyl (C=O) groups excluding carboxylic acids is 2. The minimum atomic E-state index is -3.59. The van der Waals surface area contributed by atoms with E-state index in [4.69, 9.17) is 4.42 Å². The van der Waals surface area contributed by atoms with E-state index in [0.717, 1.165) is 0 Å². The number of carbonyl (C=O) groups is 2. The van der Waals surface area contributed by atoms with E-state index in [-0.39, 0.29) is 28.9 Å². The molecule has 0 aliphatic rings. The first-order valence-corrected chi connectivity index (χ1v) is 10.5. The highest BCUT2D eigenvalue weighted by Crippen LogP contribution is 2.19. The lowest BCUT2D eigenvalue weighted by Gasteiger charge is -2.18. The second-order valence-electron chi connectivity index (χ2n) is 6.00. The molecule has 0 saturated heterocycles. The molecule has 152 valence electrons. The lowest BCUT2D eigenvalue weighted by atomic mass is 10.2. The zero-order valence-electron chi connectivity index (χ0n) is 16.0. The van der Waals surface area contributed by atoms with E-state index in [0.29, 0.717) is 31.7 Å². The van der Waals surface area contributed by atoms with Crippen molar-refractivity contribution in [1.29, 1.82) is 0 Å². The molecule has 1 aromatic heterocycles. The second kappa shape index (κ2) is 10.0. The number of nitrogens with one attached hydrogen (secondary N) is 2. The Balaban J connectivity index is 1.86. The number of nitrogens with zero attached hydrogens (tertiary/aromatic N) is 1. The summed E-state index contributed by atoms with van der Waals surface area (Å²) in [6.45, 7) is 4.62. The Kier molecular flexibility index (Phi) is 7.77. The number of sulfonamides is 1. The number of amides is 2. The number of benzene rings is 1. The monoisotopic (exact) mass is 407 g/mol. The van der Waals surface area contributed by atoms with E-state index < -0.39 is 10.0 Å². The zero-order valence-corrected chi connectivity index (χ0v) is 16.8. The van der Waals surface area contributed by atoms with Crippen LogP contribution in [-0.2, 0) is 14.8 Å². The van der Waals surface area contributed by atoms with Crippen LogP contribution in [0.3, 0.4) is 0 Å². The van der Waals surface area contributed by atoms with Gasteiger partial charge in [0.25, 0.3) is 5.91 Å². The van der Waals surface area contributed by atoms with E-state index in [2.05, 4.69) is 10.6 Å². The summed E-state index contributed by atoms with van der Waals surface area (Å²) in [7, 11) is -3.59. The molecule has 0 spiro atoms. The van der Waals surface area contributed by atoms with Gasteiger partial charge in [-0.1, -0.05) is 19.9 Å². The number of rotatable bonds is 10. The van der Waals surface area contributed by atoms with Crippen molar-refractivity contribution in [2.24, 2.45) is 0 Å². The molecule has 2 aromatic rings. The van der Waals surface area contributed by atoms with Gasteiger partial charge in [-0.25, -0.2) is 8.42 Å². The van der Waals surface area contributed by atoms with Crippen molar-refractivity contribution in [3.63, 3.8) is 0 Å². The molecule has 0 fully saturated rings. The third-order valence-electron chi connectivity index (χ3n) is 4.07. The SMILES string of the molecule is CCN(CC)S(=O)(=O)c1cccc(NC(=O)CCCNC(=O)c2ccco2)c1. The molecule has 2 amide bonds. The number of hydrogen-bond donors (Lipinski definition) is 2. The average molecular weight is 407 g/mol. The van der Waals surface area contributed by atoms with Crippen molar-refractivity contribution in [1.82, 2.24) is 9.62 Å².